The zero-order valence-electron chi connectivity index (χ0n) is 18.6. The zero-order chi connectivity index (χ0) is 22.9. The highest BCUT2D eigenvalue weighted by molar-refractivity contribution is 5.92. The van der Waals surface area contributed by atoms with Crippen molar-refractivity contribution in [3.63, 3.8) is 0 Å². The number of carbonyl (C=O) groups excluding carboxylic acids is 1. The Bertz CT molecular complexity index is 1110. The molecule has 168 valence electrons. The number of rotatable bonds is 5. The van der Waals surface area contributed by atoms with Gasteiger partial charge in [-0.05, 0) is 45.7 Å². The molecule has 1 aliphatic heterocycles. The molecule has 4 rings (SSSR count). The number of aliphatic hydroxyl groups is 1. The summed E-state index contributed by atoms with van der Waals surface area (Å²) >= 11 is 0. The Morgan fingerprint density at radius 3 is 2.78 bits per heavy atom. The van der Waals surface area contributed by atoms with Crippen molar-refractivity contribution in [1.29, 1.82) is 0 Å². The number of methoxy groups -OCH3 is 1. The van der Waals surface area contributed by atoms with E-state index < -0.39 is 11.7 Å². The molecule has 32 heavy (non-hydrogen) atoms. The Morgan fingerprint density at radius 2 is 2.09 bits per heavy atom. The highest BCUT2D eigenvalue weighted by atomic mass is 16.5. The monoisotopic (exact) mass is 437 g/mol. The maximum Gasteiger partial charge on any atom is 0.414 e. The van der Waals surface area contributed by atoms with Crippen LogP contribution >= 0.6 is 0 Å². The van der Waals surface area contributed by atoms with Crippen LogP contribution in [0.2, 0.25) is 0 Å². The molecule has 0 fully saturated rings. The van der Waals surface area contributed by atoms with E-state index >= 15 is 0 Å². The van der Waals surface area contributed by atoms with Crippen LogP contribution in [0.4, 0.5) is 10.5 Å². The van der Waals surface area contributed by atoms with Crippen LogP contribution in [0.25, 0.3) is 11.1 Å². The summed E-state index contributed by atoms with van der Waals surface area (Å²) in [6.07, 6.45) is 9.38. The Labute approximate surface area is 186 Å². The van der Waals surface area contributed by atoms with E-state index in [9.17, 15) is 9.90 Å². The molecular formula is C23H27N5O4. The van der Waals surface area contributed by atoms with Crippen LogP contribution in [0.5, 0.6) is 11.6 Å². The van der Waals surface area contributed by atoms with Gasteiger partial charge < -0.3 is 14.6 Å². The van der Waals surface area contributed by atoms with Gasteiger partial charge >= 0.3 is 6.09 Å². The third-order valence-electron chi connectivity index (χ3n) is 5.36. The summed E-state index contributed by atoms with van der Waals surface area (Å²) in [5, 5.41) is 14.5. The molecule has 0 unspecified atom stereocenters. The first-order valence-corrected chi connectivity index (χ1v) is 10.5. The van der Waals surface area contributed by atoms with E-state index in [4.69, 9.17) is 9.47 Å². The molecule has 9 nitrogen and oxygen atoms in total. The van der Waals surface area contributed by atoms with E-state index in [-0.39, 0.29) is 6.04 Å². The Balaban J connectivity index is 1.83. The van der Waals surface area contributed by atoms with E-state index in [0.29, 0.717) is 18.2 Å². The average Bonchev–Trinajstić information content (AvgIpc) is 3.20. The molecule has 3 aromatic rings. The molecular weight excluding hydrogens is 410 g/mol. The van der Waals surface area contributed by atoms with Gasteiger partial charge in [-0.1, -0.05) is 0 Å². The summed E-state index contributed by atoms with van der Waals surface area (Å²) in [7, 11) is 1.38. The number of amides is 1. The normalized spacial score (nSPS) is 15.9. The number of fused-ring (bicyclic) bond motifs is 1. The van der Waals surface area contributed by atoms with Crippen molar-refractivity contribution in [2.45, 2.75) is 51.8 Å². The third kappa shape index (κ3) is 4.43. The van der Waals surface area contributed by atoms with Gasteiger partial charge in [0.05, 0.1) is 37.3 Å². The summed E-state index contributed by atoms with van der Waals surface area (Å²) in [6.45, 7) is 5.82. The number of aromatic nitrogens is 4. The van der Waals surface area contributed by atoms with Crippen LogP contribution < -0.4 is 9.64 Å². The number of benzene rings is 1. The van der Waals surface area contributed by atoms with E-state index in [0.717, 1.165) is 35.2 Å². The van der Waals surface area contributed by atoms with E-state index in [2.05, 4.69) is 15.1 Å². The van der Waals surface area contributed by atoms with Crippen LogP contribution in [-0.2, 0) is 17.7 Å². The SMILES string of the molecule is COC(=O)N1c2ccc(-c3cnn(CC(C)(C)O)c3)c(Oc3cnccn3)c2CC[C@@H]1C. The minimum Gasteiger partial charge on any atom is -0.452 e. The van der Waals surface area contributed by atoms with Crippen LogP contribution in [0, 0.1) is 0 Å². The predicted octanol–water partition coefficient (Wildman–Crippen LogP) is 3.81. The van der Waals surface area contributed by atoms with Gasteiger partial charge in [-0.15, -0.1) is 0 Å². The minimum absolute atomic E-state index is 0.000275. The first kappa shape index (κ1) is 21.8. The minimum atomic E-state index is -0.894. The molecule has 0 saturated heterocycles. The van der Waals surface area contributed by atoms with Crippen molar-refractivity contribution in [2.75, 3.05) is 12.0 Å². The molecule has 2 aromatic heterocycles. The van der Waals surface area contributed by atoms with Gasteiger partial charge in [0.2, 0.25) is 5.88 Å². The number of hydrogen-bond donors (Lipinski definition) is 1. The predicted molar refractivity (Wildman–Crippen MR) is 119 cm³/mol. The average molecular weight is 438 g/mol. The zero-order valence-corrected chi connectivity index (χ0v) is 18.6. The van der Waals surface area contributed by atoms with Crippen LogP contribution in [0.15, 0.2) is 43.1 Å². The summed E-state index contributed by atoms with van der Waals surface area (Å²) < 4.78 is 13.0. The molecule has 1 atom stereocenters. The number of carbonyl (C=O) groups is 1. The van der Waals surface area contributed by atoms with Crippen molar-refractivity contribution in [1.82, 2.24) is 19.7 Å². The van der Waals surface area contributed by atoms with Gasteiger partial charge in [-0.25, -0.2) is 9.78 Å². The first-order chi connectivity index (χ1) is 15.3. The van der Waals surface area contributed by atoms with Gasteiger partial charge in [-0.2, -0.15) is 5.10 Å². The van der Waals surface area contributed by atoms with Crippen molar-refractivity contribution in [3.05, 3.63) is 48.7 Å². The fourth-order valence-electron chi connectivity index (χ4n) is 3.95. The molecule has 1 aliphatic rings. The van der Waals surface area contributed by atoms with Gasteiger partial charge in [0.15, 0.2) is 0 Å². The number of ether oxygens (including phenoxy) is 2. The highest BCUT2D eigenvalue weighted by Crippen LogP contribution is 2.44. The van der Waals surface area contributed by atoms with Crippen molar-refractivity contribution in [2.24, 2.45) is 0 Å². The van der Waals surface area contributed by atoms with Crippen molar-refractivity contribution in [3.8, 4) is 22.8 Å². The van der Waals surface area contributed by atoms with Crippen LogP contribution in [0.1, 0.15) is 32.8 Å². The van der Waals surface area contributed by atoms with Gasteiger partial charge in [0.1, 0.15) is 5.75 Å². The molecule has 1 N–H and O–H groups in total. The second-order valence-corrected chi connectivity index (χ2v) is 8.55. The van der Waals surface area contributed by atoms with E-state index in [1.165, 1.54) is 7.11 Å². The topological polar surface area (TPSA) is 103 Å². The number of hydrogen-bond acceptors (Lipinski definition) is 7. The smallest absolute Gasteiger partial charge is 0.414 e. The summed E-state index contributed by atoms with van der Waals surface area (Å²) in [5.41, 5.74) is 2.40. The molecule has 0 bridgehead atoms. The van der Waals surface area contributed by atoms with Gasteiger partial charge in [-0.3, -0.25) is 14.6 Å². The molecule has 0 aliphatic carbocycles. The lowest BCUT2D eigenvalue weighted by Gasteiger charge is -2.35. The maximum atomic E-state index is 12.5. The summed E-state index contributed by atoms with van der Waals surface area (Å²) in [4.78, 5) is 22.5. The summed E-state index contributed by atoms with van der Waals surface area (Å²) in [6, 6.07) is 3.82. The molecule has 1 aromatic carbocycles. The first-order valence-electron chi connectivity index (χ1n) is 10.5. The fourth-order valence-corrected chi connectivity index (χ4v) is 3.95. The van der Waals surface area contributed by atoms with E-state index in [1.807, 2.05) is 25.3 Å². The van der Waals surface area contributed by atoms with Crippen LogP contribution in [0.3, 0.4) is 0 Å². The van der Waals surface area contributed by atoms with Gasteiger partial charge in [0.25, 0.3) is 0 Å². The van der Waals surface area contributed by atoms with Crippen LogP contribution in [-0.4, -0.2) is 49.7 Å². The highest BCUT2D eigenvalue weighted by Gasteiger charge is 2.32. The standard InChI is InChI=1S/C23H27N5O4/c1-15-5-6-18-19(28(15)22(29)31-4)8-7-17(21(18)32-20-12-24-9-10-25-20)16-11-26-27(13-16)14-23(2,3)30/h7-13,15,30H,5-6,14H2,1-4H3/t15-/m0/s1. The molecule has 1 amide bonds. The molecule has 0 spiro atoms. The Kier molecular flexibility index (Phi) is 5.84. The molecule has 9 heteroatoms. The quantitative estimate of drug-likeness (QED) is 0.647. The molecule has 0 saturated carbocycles. The lowest BCUT2D eigenvalue weighted by molar-refractivity contribution is 0.0577. The molecule has 0 radical (unpaired) electrons. The lowest BCUT2D eigenvalue weighted by atomic mass is 9.92. The fraction of sp³-hybridized carbons (Fsp3) is 0.391. The van der Waals surface area contributed by atoms with Gasteiger partial charge in [0, 0.05) is 41.3 Å². The molecule has 3 heterocycles. The second kappa shape index (κ2) is 8.58. The second-order valence-electron chi connectivity index (χ2n) is 8.55. The van der Waals surface area contributed by atoms with E-state index in [1.54, 1.807) is 48.2 Å². The summed E-state index contributed by atoms with van der Waals surface area (Å²) in [5.74, 6) is 0.959. The van der Waals surface area contributed by atoms with Crippen molar-refractivity contribution < 1.29 is 19.4 Å². The lowest BCUT2D eigenvalue weighted by Crippen LogP contribution is -2.42. The Hall–Kier alpha value is -3.46. The van der Waals surface area contributed by atoms with Crippen molar-refractivity contribution >= 4 is 11.8 Å². The maximum absolute atomic E-state index is 12.5. The Morgan fingerprint density at radius 1 is 1.28 bits per heavy atom. The largest absolute Gasteiger partial charge is 0.452 e. The number of anilines is 1. The third-order valence-corrected chi connectivity index (χ3v) is 5.36. The number of nitrogens with zero attached hydrogens (tertiary/aromatic N) is 5.